The summed E-state index contributed by atoms with van der Waals surface area (Å²) in [5.74, 6) is 0.161. The highest BCUT2D eigenvalue weighted by molar-refractivity contribution is 5.94. The fourth-order valence-electron chi connectivity index (χ4n) is 1.78. The van der Waals surface area contributed by atoms with E-state index in [1.165, 1.54) is 0 Å². The maximum Gasteiger partial charge on any atom is 0.251 e. The summed E-state index contributed by atoms with van der Waals surface area (Å²) in [5, 5.41) is 3.21. The number of amides is 1. The zero-order chi connectivity index (χ0) is 11.4. The molecule has 1 heterocycles. The Bertz CT molecular complexity index is 312. The summed E-state index contributed by atoms with van der Waals surface area (Å²) >= 11 is 0. The van der Waals surface area contributed by atoms with Crippen LogP contribution in [0.3, 0.4) is 0 Å². The number of nitrogens with zero attached hydrogens (tertiary/aromatic N) is 1. The number of allylic oxidation sites excluding steroid dienone is 3. The molecule has 3 heteroatoms. The number of likely N-dealkylation sites (N-methyl/N-ethyl adjacent to an activating group) is 1. The van der Waals surface area contributed by atoms with Gasteiger partial charge in [0.15, 0.2) is 0 Å². The SMILES string of the molecule is CCN(CC)C(=O)C1=C(C)NC(C)=CC1. The summed E-state index contributed by atoms with van der Waals surface area (Å²) in [6.45, 7) is 9.54. The molecule has 1 rings (SSSR count). The average molecular weight is 208 g/mol. The highest BCUT2D eigenvalue weighted by atomic mass is 16.2. The van der Waals surface area contributed by atoms with Gasteiger partial charge in [0.1, 0.15) is 0 Å². The Morgan fingerprint density at radius 3 is 2.47 bits per heavy atom. The molecule has 0 atom stereocenters. The molecule has 1 N–H and O–H groups in total. The van der Waals surface area contributed by atoms with E-state index in [0.29, 0.717) is 0 Å². The lowest BCUT2D eigenvalue weighted by Crippen LogP contribution is -2.34. The van der Waals surface area contributed by atoms with Gasteiger partial charge >= 0.3 is 0 Å². The van der Waals surface area contributed by atoms with Crippen LogP contribution in [0.2, 0.25) is 0 Å². The van der Waals surface area contributed by atoms with Crippen molar-refractivity contribution in [2.75, 3.05) is 13.1 Å². The second-order valence-electron chi connectivity index (χ2n) is 3.80. The lowest BCUT2D eigenvalue weighted by Gasteiger charge is -2.24. The molecule has 0 aromatic rings. The quantitative estimate of drug-likeness (QED) is 0.769. The van der Waals surface area contributed by atoms with Crippen molar-refractivity contribution in [3.63, 3.8) is 0 Å². The molecule has 3 nitrogen and oxygen atoms in total. The zero-order valence-corrected chi connectivity index (χ0v) is 10.1. The normalized spacial score (nSPS) is 15.9. The minimum absolute atomic E-state index is 0.161. The van der Waals surface area contributed by atoms with E-state index in [4.69, 9.17) is 0 Å². The third kappa shape index (κ3) is 2.61. The molecule has 0 aromatic heterocycles. The second kappa shape index (κ2) is 5.01. The first-order valence-electron chi connectivity index (χ1n) is 5.52. The van der Waals surface area contributed by atoms with Gasteiger partial charge in [0.2, 0.25) is 0 Å². The number of dihydropyridines is 1. The number of hydrogen-bond acceptors (Lipinski definition) is 2. The van der Waals surface area contributed by atoms with Crippen molar-refractivity contribution in [2.45, 2.75) is 34.1 Å². The van der Waals surface area contributed by atoms with E-state index in [1.54, 1.807) is 0 Å². The molecule has 0 aliphatic carbocycles. The zero-order valence-electron chi connectivity index (χ0n) is 10.1. The predicted molar refractivity (Wildman–Crippen MR) is 62.1 cm³/mol. The van der Waals surface area contributed by atoms with E-state index in [1.807, 2.05) is 32.6 Å². The van der Waals surface area contributed by atoms with Crippen LogP contribution in [0.1, 0.15) is 34.1 Å². The number of rotatable bonds is 3. The van der Waals surface area contributed by atoms with E-state index >= 15 is 0 Å². The van der Waals surface area contributed by atoms with Crippen LogP contribution in [0.4, 0.5) is 0 Å². The summed E-state index contributed by atoms with van der Waals surface area (Å²) < 4.78 is 0. The second-order valence-corrected chi connectivity index (χ2v) is 3.80. The molecule has 1 aliphatic rings. The van der Waals surface area contributed by atoms with Gasteiger partial charge in [0.05, 0.1) is 0 Å². The highest BCUT2D eigenvalue weighted by Crippen LogP contribution is 2.17. The van der Waals surface area contributed by atoms with Crippen molar-refractivity contribution >= 4 is 5.91 Å². The van der Waals surface area contributed by atoms with Gasteiger partial charge in [-0.3, -0.25) is 4.79 Å². The fourth-order valence-corrected chi connectivity index (χ4v) is 1.78. The maximum atomic E-state index is 12.1. The summed E-state index contributed by atoms with van der Waals surface area (Å²) in [4.78, 5) is 13.9. The molecule has 0 saturated carbocycles. The molecule has 0 aromatic carbocycles. The molecule has 0 spiro atoms. The van der Waals surface area contributed by atoms with Crippen molar-refractivity contribution < 1.29 is 4.79 Å². The largest absolute Gasteiger partial charge is 0.363 e. The first-order valence-corrected chi connectivity index (χ1v) is 5.52. The van der Waals surface area contributed by atoms with Gasteiger partial charge in [-0.25, -0.2) is 0 Å². The minimum atomic E-state index is 0.161. The Hall–Kier alpha value is -1.25. The molecular weight excluding hydrogens is 188 g/mol. The Balaban J connectivity index is 2.80. The van der Waals surface area contributed by atoms with Crippen molar-refractivity contribution in [1.82, 2.24) is 10.2 Å². The Kier molecular flexibility index (Phi) is 3.95. The van der Waals surface area contributed by atoms with Gasteiger partial charge in [0, 0.05) is 30.1 Å². The van der Waals surface area contributed by atoms with Crippen molar-refractivity contribution in [2.24, 2.45) is 0 Å². The van der Waals surface area contributed by atoms with Gasteiger partial charge in [-0.15, -0.1) is 0 Å². The van der Waals surface area contributed by atoms with Crippen LogP contribution in [-0.4, -0.2) is 23.9 Å². The van der Waals surface area contributed by atoms with Gasteiger partial charge in [0.25, 0.3) is 5.91 Å². The topological polar surface area (TPSA) is 32.3 Å². The number of carbonyl (C=O) groups is 1. The van der Waals surface area contributed by atoms with Crippen LogP contribution < -0.4 is 5.32 Å². The van der Waals surface area contributed by atoms with Crippen molar-refractivity contribution in [3.8, 4) is 0 Å². The average Bonchev–Trinajstić information content (AvgIpc) is 2.19. The van der Waals surface area contributed by atoms with Crippen molar-refractivity contribution in [3.05, 3.63) is 23.0 Å². The van der Waals surface area contributed by atoms with Crippen molar-refractivity contribution in [1.29, 1.82) is 0 Å². The highest BCUT2D eigenvalue weighted by Gasteiger charge is 2.19. The lowest BCUT2D eigenvalue weighted by molar-refractivity contribution is -0.126. The van der Waals surface area contributed by atoms with Gasteiger partial charge in [-0.05, 0) is 34.1 Å². The monoisotopic (exact) mass is 208 g/mol. The van der Waals surface area contributed by atoms with Crippen LogP contribution in [0.15, 0.2) is 23.0 Å². The predicted octanol–water partition coefficient (Wildman–Crippen LogP) is 2.03. The third-order valence-corrected chi connectivity index (χ3v) is 2.76. The first kappa shape index (κ1) is 11.8. The van der Waals surface area contributed by atoms with Crippen LogP contribution in [0.25, 0.3) is 0 Å². The molecule has 0 saturated heterocycles. The van der Waals surface area contributed by atoms with Gasteiger partial charge in [-0.2, -0.15) is 0 Å². The Morgan fingerprint density at radius 1 is 1.40 bits per heavy atom. The molecular formula is C12H20N2O. The summed E-state index contributed by atoms with van der Waals surface area (Å²) in [6.07, 6.45) is 2.81. The van der Waals surface area contributed by atoms with Gasteiger partial charge < -0.3 is 10.2 Å². The van der Waals surface area contributed by atoms with E-state index in [2.05, 4.69) is 11.4 Å². The molecule has 0 fully saturated rings. The Labute approximate surface area is 91.8 Å². The summed E-state index contributed by atoms with van der Waals surface area (Å²) in [5.41, 5.74) is 3.01. The van der Waals surface area contributed by atoms with Crippen LogP contribution in [0.5, 0.6) is 0 Å². The number of carbonyl (C=O) groups excluding carboxylic acids is 1. The molecule has 15 heavy (non-hydrogen) atoms. The molecule has 0 radical (unpaired) electrons. The van der Waals surface area contributed by atoms with E-state index in [0.717, 1.165) is 36.5 Å². The lowest BCUT2D eigenvalue weighted by atomic mass is 10.0. The molecule has 1 amide bonds. The standard InChI is InChI=1S/C12H20N2O/c1-5-14(6-2)12(15)11-8-7-9(3)13-10(11)4/h7,13H,5-6,8H2,1-4H3. The third-order valence-electron chi connectivity index (χ3n) is 2.76. The summed E-state index contributed by atoms with van der Waals surface area (Å²) in [7, 11) is 0. The smallest absolute Gasteiger partial charge is 0.251 e. The van der Waals surface area contributed by atoms with E-state index in [-0.39, 0.29) is 5.91 Å². The molecule has 84 valence electrons. The summed E-state index contributed by atoms with van der Waals surface area (Å²) in [6, 6.07) is 0. The first-order chi connectivity index (χ1) is 7.10. The van der Waals surface area contributed by atoms with E-state index < -0.39 is 0 Å². The maximum absolute atomic E-state index is 12.1. The molecule has 0 unspecified atom stereocenters. The number of nitrogens with one attached hydrogen (secondary N) is 1. The molecule has 0 bridgehead atoms. The number of hydrogen-bond donors (Lipinski definition) is 1. The molecule has 1 aliphatic heterocycles. The minimum Gasteiger partial charge on any atom is -0.363 e. The van der Waals surface area contributed by atoms with Crippen LogP contribution in [-0.2, 0) is 4.79 Å². The van der Waals surface area contributed by atoms with E-state index in [9.17, 15) is 4.79 Å². The Morgan fingerprint density at radius 2 is 2.00 bits per heavy atom. The fraction of sp³-hybridized carbons (Fsp3) is 0.583. The van der Waals surface area contributed by atoms with Gasteiger partial charge in [-0.1, -0.05) is 6.08 Å². The van der Waals surface area contributed by atoms with Crippen LogP contribution in [0, 0.1) is 0 Å². The van der Waals surface area contributed by atoms with Crippen LogP contribution >= 0.6 is 0 Å².